The van der Waals surface area contributed by atoms with Crippen molar-refractivity contribution in [3.8, 4) is 5.75 Å². The van der Waals surface area contributed by atoms with E-state index in [0.29, 0.717) is 5.75 Å². The van der Waals surface area contributed by atoms with Crippen molar-refractivity contribution in [3.63, 3.8) is 0 Å². The van der Waals surface area contributed by atoms with Crippen molar-refractivity contribution in [2.75, 3.05) is 31.1 Å². The van der Waals surface area contributed by atoms with E-state index in [1.807, 2.05) is 19.2 Å². The maximum Gasteiger partial charge on any atom is 0.146 e. The van der Waals surface area contributed by atoms with Crippen molar-refractivity contribution in [1.82, 2.24) is 19.7 Å². The van der Waals surface area contributed by atoms with Crippen LogP contribution in [0.4, 0.5) is 5.69 Å². The molecule has 1 aromatic heterocycles. The Morgan fingerprint density at radius 2 is 1.64 bits per heavy atom. The lowest BCUT2D eigenvalue weighted by Gasteiger charge is -2.35. The smallest absolute Gasteiger partial charge is 0.146 e. The molecule has 0 bridgehead atoms. The van der Waals surface area contributed by atoms with Crippen LogP contribution in [0.15, 0.2) is 24.3 Å². The van der Waals surface area contributed by atoms with Crippen molar-refractivity contribution in [2.24, 2.45) is 7.05 Å². The molecule has 1 aliphatic heterocycles. The number of rotatable bonds is 4. The molecule has 1 saturated heterocycles. The van der Waals surface area contributed by atoms with Gasteiger partial charge in [-0.15, -0.1) is 10.2 Å². The lowest BCUT2D eigenvalue weighted by Crippen LogP contribution is -2.46. The molecular weight excluding hydrogens is 278 g/mol. The zero-order valence-electron chi connectivity index (χ0n) is 13.2. The number of phenolic OH excluding ortho intramolecular Hbond substituents is 1. The molecule has 0 spiro atoms. The highest BCUT2D eigenvalue weighted by atomic mass is 16.3. The first kappa shape index (κ1) is 14.8. The largest absolute Gasteiger partial charge is 0.508 e. The Balaban J connectivity index is 1.57. The average molecular weight is 301 g/mol. The van der Waals surface area contributed by atoms with Crippen LogP contribution >= 0.6 is 0 Å². The van der Waals surface area contributed by atoms with Gasteiger partial charge in [-0.1, -0.05) is 6.92 Å². The molecule has 0 amide bonds. The second-order valence-corrected chi connectivity index (χ2v) is 5.72. The molecule has 3 rings (SSSR count). The molecule has 1 aliphatic rings. The second kappa shape index (κ2) is 6.36. The van der Waals surface area contributed by atoms with E-state index in [9.17, 15) is 5.11 Å². The number of aryl methyl sites for hydroxylation is 1. The summed E-state index contributed by atoms with van der Waals surface area (Å²) in [4.78, 5) is 4.77. The third-order valence-corrected chi connectivity index (χ3v) is 4.32. The number of benzene rings is 1. The van der Waals surface area contributed by atoms with Crippen LogP contribution < -0.4 is 4.90 Å². The predicted molar refractivity (Wildman–Crippen MR) is 86.0 cm³/mol. The summed E-state index contributed by atoms with van der Waals surface area (Å²) in [7, 11) is 2.04. The van der Waals surface area contributed by atoms with Gasteiger partial charge in [-0.05, 0) is 24.3 Å². The van der Waals surface area contributed by atoms with Crippen LogP contribution in [0.5, 0.6) is 5.75 Å². The maximum absolute atomic E-state index is 9.37. The van der Waals surface area contributed by atoms with Crippen molar-refractivity contribution >= 4 is 5.69 Å². The highest BCUT2D eigenvalue weighted by Crippen LogP contribution is 2.20. The lowest BCUT2D eigenvalue weighted by atomic mass is 10.2. The molecule has 1 aromatic carbocycles. The highest BCUT2D eigenvalue weighted by Gasteiger charge is 2.19. The molecule has 1 fully saturated rings. The Morgan fingerprint density at radius 1 is 1.00 bits per heavy atom. The topological polar surface area (TPSA) is 57.4 Å². The molecule has 0 radical (unpaired) electrons. The summed E-state index contributed by atoms with van der Waals surface area (Å²) in [5.41, 5.74) is 1.17. The predicted octanol–water partition coefficient (Wildman–Crippen LogP) is 1.41. The summed E-state index contributed by atoms with van der Waals surface area (Å²) in [5.74, 6) is 2.39. The minimum Gasteiger partial charge on any atom is -0.508 e. The summed E-state index contributed by atoms with van der Waals surface area (Å²) in [6.07, 6.45) is 0.915. The van der Waals surface area contributed by atoms with Gasteiger partial charge in [0.15, 0.2) is 0 Å². The van der Waals surface area contributed by atoms with Crippen LogP contribution in [-0.4, -0.2) is 50.9 Å². The van der Waals surface area contributed by atoms with E-state index in [1.54, 1.807) is 12.1 Å². The van der Waals surface area contributed by atoms with Gasteiger partial charge >= 0.3 is 0 Å². The van der Waals surface area contributed by atoms with Crippen LogP contribution in [0.25, 0.3) is 0 Å². The third kappa shape index (κ3) is 3.06. The van der Waals surface area contributed by atoms with Gasteiger partial charge in [0.2, 0.25) is 0 Å². The zero-order valence-corrected chi connectivity index (χ0v) is 13.2. The van der Waals surface area contributed by atoms with E-state index in [4.69, 9.17) is 0 Å². The molecule has 1 N–H and O–H groups in total. The van der Waals surface area contributed by atoms with Crippen molar-refractivity contribution in [2.45, 2.75) is 19.9 Å². The first-order valence-corrected chi connectivity index (χ1v) is 7.81. The van der Waals surface area contributed by atoms with E-state index in [-0.39, 0.29) is 0 Å². The molecule has 22 heavy (non-hydrogen) atoms. The summed E-state index contributed by atoms with van der Waals surface area (Å²) < 4.78 is 2.10. The Morgan fingerprint density at radius 3 is 2.23 bits per heavy atom. The van der Waals surface area contributed by atoms with Crippen molar-refractivity contribution in [1.29, 1.82) is 0 Å². The highest BCUT2D eigenvalue weighted by molar-refractivity contribution is 5.49. The molecule has 6 nitrogen and oxygen atoms in total. The SMILES string of the molecule is CCc1nnc(CN2CCN(c3ccc(O)cc3)CC2)n1C. The summed E-state index contributed by atoms with van der Waals surface area (Å²) in [6, 6.07) is 7.43. The van der Waals surface area contributed by atoms with E-state index >= 15 is 0 Å². The standard InChI is InChI=1S/C16H23N5O/c1-3-15-17-18-16(19(15)2)12-20-8-10-21(11-9-20)13-4-6-14(22)7-5-13/h4-7,22H,3,8-12H2,1-2H3. The number of aromatic nitrogens is 3. The Hall–Kier alpha value is -2.08. The number of hydrogen-bond acceptors (Lipinski definition) is 5. The van der Waals surface area contributed by atoms with E-state index in [0.717, 1.165) is 50.8 Å². The van der Waals surface area contributed by atoms with Gasteiger partial charge < -0.3 is 14.6 Å². The molecule has 0 aliphatic carbocycles. The number of phenols is 1. The van der Waals surface area contributed by atoms with Gasteiger partial charge in [0.1, 0.15) is 17.4 Å². The Kier molecular flexibility index (Phi) is 4.29. The van der Waals surface area contributed by atoms with Crippen LogP contribution in [0, 0.1) is 0 Å². The Bertz CT molecular complexity index is 614. The van der Waals surface area contributed by atoms with Crippen LogP contribution in [0.1, 0.15) is 18.6 Å². The number of piperazine rings is 1. The van der Waals surface area contributed by atoms with Gasteiger partial charge in [-0.3, -0.25) is 4.90 Å². The van der Waals surface area contributed by atoms with Crippen molar-refractivity contribution < 1.29 is 5.11 Å². The van der Waals surface area contributed by atoms with E-state index in [2.05, 4.69) is 31.5 Å². The van der Waals surface area contributed by atoms with Gasteiger partial charge in [0, 0.05) is 45.3 Å². The van der Waals surface area contributed by atoms with E-state index < -0.39 is 0 Å². The number of nitrogens with zero attached hydrogens (tertiary/aromatic N) is 5. The minimum absolute atomic E-state index is 0.316. The molecule has 6 heteroatoms. The summed E-state index contributed by atoms with van der Waals surface area (Å²) in [5, 5.41) is 17.9. The Labute approximate surface area is 131 Å². The third-order valence-electron chi connectivity index (χ3n) is 4.32. The van der Waals surface area contributed by atoms with Gasteiger partial charge in [0.05, 0.1) is 6.54 Å². The average Bonchev–Trinajstić information content (AvgIpc) is 2.89. The number of hydrogen-bond donors (Lipinski definition) is 1. The minimum atomic E-state index is 0.316. The zero-order chi connectivity index (χ0) is 15.5. The van der Waals surface area contributed by atoms with Crippen molar-refractivity contribution in [3.05, 3.63) is 35.9 Å². The fourth-order valence-corrected chi connectivity index (χ4v) is 2.87. The summed E-state index contributed by atoms with van der Waals surface area (Å²) in [6.45, 7) is 6.95. The molecular formula is C16H23N5O. The fourth-order valence-electron chi connectivity index (χ4n) is 2.87. The van der Waals surface area contributed by atoms with Gasteiger partial charge in [0.25, 0.3) is 0 Å². The van der Waals surface area contributed by atoms with Crippen LogP contribution in [0.3, 0.4) is 0 Å². The van der Waals surface area contributed by atoms with Gasteiger partial charge in [-0.2, -0.15) is 0 Å². The second-order valence-electron chi connectivity index (χ2n) is 5.72. The molecule has 2 heterocycles. The number of anilines is 1. The van der Waals surface area contributed by atoms with Crippen LogP contribution in [0.2, 0.25) is 0 Å². The van der Waals surface area contributed by atoms with E-state index in [1.165, 1.54) is 5.69 Å². The maximum atomic E-state index is 9.37. The normalized spacial score (nSPS) is 16.2. The first-order valence-electron chi connectivity index (χ1n) is 7.81. The monoisotopic (exact) mass is 301 g/mol. The van der Waals surface area contributed by atoms with Gasteiger partial charge in [-0.25, -0.2) is 0 Å². The molecule has 118 valence electrons. The first-order chi connectivity index (χ1) is 10.7. The lowest BCUT2D eigenvalue weighted by molar-refractivity contribution is 0.241. The summed E-state index contributed by atoms with van der Waals surface area (Å²) >= 11 is 0. The number of aromatic hydroxyl groups is 1. The molecule has 0 atom stereocenters. The molecule has 2 aromatic rings. The molecule has 0 saturated carbocycles. The molecule has 0 unspecified atom stereocenters. The quantitative estimate of drug-likeness (QED) is 0.925. The van der Waals surface area contributed by atoms with Crippen LogP contribution in [-0.2, 0) is 20.0 Å². The fraction of sp³-hybridized carbons (Fsp3) is 0.500.